The molecular weight excluding hydrogens is 320 g/mol. The Morgan fingerprint density at radius 2 is 2.12 bits per heavy atom. The number of nitrogens with zero attached hydrogens (tertiary/aromatic N) is 2. The molecule has 1 aromatic rings. The number of methoxy groups -OCH3 is 1. The van der Waals surface area contributed by atoms with Gasteiger partial charge in [0.05, 0.1) is 12.3 Å². The number of nitrogens with one attached hydrogen (secondary N) is 2. The van der Waals surface area contributed by atoms with Crippen molar-refractivity contribution in [3.63, 3.8) is 0 Å². The molecule has 1 unspecified atom stereocenters. The van der Waals surface area contributed by atoms with Gasteiger partial charge in [-0.25, -0.2) is 4.79 Å². The van der Waals surface area contributed by atoms with Crippen LogP contribution >= 0.6 is 0 Å². The van der Waals surface area contributed by atoms with E-state index < -0.39 is 5.60 Å². The van der Waals surface area contributed by atoms with E-state index in [1.807, 2.05) is 26.8 Å². The maximum Gasteiger partial charge on any atom is 0.410 e. The number of carbonyl (C=O) groups is 1. The molecule has 0 aromatic carbocycles. The molecule has 0 spiro atoms. The number of ether oxygens (including phenoxy) is 2. The second kappa shape index (κ2) is 8.19. The lowest BCUT2D eigenvalue weighted by Crippen LogP contribution is -2.50. The van der Waals surface area contributed by atoms with Gasteiger partial charge in [-0.2, -0.15) is 5.10 Å². The summed E-state index contributed by atoms with van der Waals surface area (Å²) >= 11 is 0. The van der Waals surface area contributed by atoms with Gasteiger partial charge in [-0.05, 0) is 46.6 Å². The van der Waals surface area contributed by atoms with Crippen LogP contribution in [0.3, 0.4) is 0 Å². The van der Waals surface area contributed by atoms with E-state index in [1.54, 1.807) is 18.2 Å². The van der Waals surface area contributed by atoms with Crippen molar-refractivity contribution in [3.8, 4) is 0 Å². The van der Waals surface area contributed by atoms with Crippen molar-refractivity contribution in [2.45, 2.75) is 52.2 Å². The van der Waals surface area contributed by atoms with Crippen LogP contribution in [-0.4, -0.2) is 60.1 Å². The van der Waals surface area contributed by atoms with Crippen LogP contribution in [0.5, 0.6) is 0 Å². The average molecular weight is 352 g/mol. The summed E-state index contributed by atoms with van der Waals surface area (Å²) in [7, 11) is 1.74. The van der Waals surface area contributed by atoms with E-state index in [4.69, 9.17) is 9.47 Å². The molecule has 7 nitrogen and oxygen atoms in total. The van der Waals surface area contributed by atoms with Gasteiger partial charge in [0, 0.05) is 44.4 Å². The van der Waals surface area contributed by atoms with Gasteiger partial charge in [-0.1, -0.05) is 0 Å². The summed E-state index contributed by atoms with van der Waals surface area (Å²) in [4.78, 5) is 14.1. The van der Waals surface area contributed by atoms with Crippen LogP contribution < -0.4 is 5.32 Å². The Labute approximate surface area is 150 Å². The van der Waals surface area contributed by atoms with Crippen LogP contribution in [0.25, 0.3) is 0 Å². The summed E-state index contributed by atoms with van der Waals surface area (Å²) in [6.45, 7) is 10.7. The van der Waals surface area contributed by atoms with E-state index in [2.05, 4.69) is 22.4 Å². The molecule has 25 heavy (non-hydrogen) atoms. The van der Waals surface area contributed by atoms with E-state index >= 15 is 0 Å². The lowest BCUT2D eigenvalue weighted by atomic mass is 9.78. The number of carbonyl (C=O) groups excluding carboxylic acids is 1. The number of rotatable bonds is 6. The molecule has 0 bridgehead atoms. The molecule has 2 heterocycles. The first-order chi connectivity index (χ1) is 11.7. The molecule has 2 rings (SSSR count). The minimum absolute atomic E-state index is 0.0293. The minimum atomic E-state index is -0.459. The van der Waals surface area contributed by atoms with Crippen LogP contribution in [0.1, 0.15) is 52.3 Å². The fourth-order valence-electron chi connectivity index (χ4n) is 3.16. The quantitative estimate of drug-likeness (QED) is 0.823. The maximum absolute atomic E-state index is 12.2. The predicted octanol–water partition coefficient (Wildman–Crippen LogP) is 2.72. The zero-order chi connectivity index (χ0) is 18.5. The number of likely N-dealkylation sites (tertiary alicyclic amines) is 1. The van der Waals surface area contributed by atoms with E-state index in [0.717, 1.165) is 25.1 Å². The second-order valence-electron chi connectivity index (χ2n) is 8.01. The first-order valence-corrected chi connectivity index (χ1v) is 8.94. The van der Waals surface area contributed by atoms with Crippen molar-refractivity contribution < 1.29 is 14.3 Å². The van der Waals surface area contributed by atoms with Gasteiger partial charge < -0.3 is 19.7 Å². The normalized spacial score (nSPS) is 18.8. The second-order valence-corrected chi connectivity index (χ2v) is 8.01. The summed E-state index contributed by atoms with van der Waals surface area (Å²) in [6, 6.07) is 2.17. The molecular formula is C18H32N4O3. The van der Waals surface area contributed by atoms with E-state index in [0.29, 0.717) is 19.7 Å². The lowest BCUT2D eigenvalue weighted by molar-refractivity contribution is -0.00720. The number of H-pyrrole nitrogens is 1. The third kappa shape index (κ3) is 5.71. The molecule has 142 valence electrons. The zero-order valence-electron chi connectivity index (χ0n) is 16.1. The molecule has 2 N–H and O–H groups in total. The molecule has 0 radical (unpaired) electrons. The van der Waals surface area contributed by atoms with Gasteiger partial charge in [0.2, 0.25) is 0 Å². The monoisotopic (exact) mass is 352 g/mol. The Kier molecular flexibility index (Phi) is 6.46. The zero-order valence-corrected chi connectivity index (χ0v) is 16.1. The van der Waals surface area contributed by atoms with Gasteiger partial charge in [0.15, 0.2) is 0 Å². The number of aromatic nitrogens is 2. The summed E-state index contributed by atoms with van der Waals surface area (Å²) < 4.78 is 11.0. The summed E-state index contributed by atoms with van der Waals surface area (Å²) in [5, 5.41) is 10.6. The van der Waals surface area contributed by atoms with Gasteiger partial charge in [0.25, 0.3) is 0 Å². The van der Waals surface area contributed by atoms with Gasteiger partial charge in [-0.15, -0.1) is 0 Å². The molecule has 1 aliphatic heterocycles. The van der Waals surface area contributed by atoms with Crippen molar-refractivity contribution in [3.05, 3.63) is 18.0 Å². The average Bonchev–Trinajstić information content (AvgIpc) is 3.06. The SMILES string of the molecule is COCC1(CNC(C)c2ccn[nH]2)CCN(C(=O)OC(C)(C)C)CC1. The number of hydrogen-bond acceptors (Lipinski definition) is 5. The molecule has 1 aromatic heterocycles. The molecule has 1 aliphatic rings. The number of amides is 1. The van der Waals surface area contributed by atoms with Crippen molar-refractivity contribution in [2.24, 2.45) is 5.41 Å². The summed E-state index contributed by atoms with van der Waals surface area (Å²) in [5.74, 6) is 0. The Bertz CT molecular complexity index is 531. The molecule has 7 heteroatoms. The fraction of sp³-hybridized carbons (Fsp3) is 0.778. The summed E-state index contributed by atoms with van der Waals surface area (Å²) in [5.41, 5.74) is 0.638. The topological polar surface area (TPSA) is 79.5 Å². The molecule has 1 saturated heterocycles. The number of piperidine rings is 1. The molecule has 0 aliphatic carbocycles. The Hall–Kier alpha value is -1.60. The van der Waals surface area contributed by atoms with Crippen LogP contribution in [0.2, 0.25) is 0 Å². The molecule has 1 atom stereocenters. The Morgan fingerprint density at radius 1 is 1.44 bits per heavy atom. The predicted molar refractivity (Wildman–Crippen MR) is 96.4 cm³/mol. The van der Waals surface area contributed by atoms with Crippen molar-refractivity contribution in [1.82, 2.24) is 20.4 Å². The minimum Gasteiger partial charge on any atom is -0.444 e. The third-order valence-corrected chi connectivity index (χ3v) is 4.70. The van der Waals surface area contributed by atoms with Crippen molar-refractivity contribution in [2.75, 3.05) is 33.4 Å². The van der Waals surface area contributed by atoms with Gasteiger partial charge >= 0.3 is 6.09 Å². The van der Waals surface area contributed by atoms with Crippen molar-refractivity contribution >= 4 is 6.09 Å². The maximum atomic E-state index is 12.2. The first-order valence-electron chi connectivity index (χ1n) is 8.94. The van der Waals surface area contributed by atoms with E-state index in [-0.39, 0.29) is 17.6 Å². The fourth-order valence-corrected chi connectivity index (χ4v) is 3.16. The van der Waals surface area contributed by atoms with Gasteiger partial charge in [0.1, 0.15) is 5.60 Å². The lowest BCUT2D eigenvalue weighted by Gasteiger charge is -2.42. The highest BCUT2D eigenvalue weighted by Crippen LogP contribution is 2.32. The van der Waals surface area contributed by atoms with Crippen LogP contribution in [0, 0.1) is 5.41 Å². The molecule has 1 fully saturated rings. The highest BCUT2D eigenvalue weighted by molar-refractivity contribution is 5.68. The Morgan fingerprint density at radius 3 is 2.64 bits per heavy atom. The smallest absolute Gasteiger partial charge is 0.410 e. The standard InChI is InChI=1S/C18H32N4O3/c1-14(15-6-9-20-21-15)19-12-18(13-24-5)7-10-22(11-8-18)16(23)25-17(2,3)4/h6,9,14,19H,7-8,10-13H2,1-5H3,(H,20,21). The van der Waals surface area contributed by atoms with Crippen LogP contribution in [0.15, 0.2) is 12.3 Å². The van der Waals surface area contributed by atoms with Crippen molar-refractivity contribution in [1.29, 1.82) is 0 Å². The Balaban J connectivity index is 1.90. The van der Waals surface area contributed by atoms with Crippen LogP contribution in [-0.2, 0) is 9.47 Å². The highest BCUT2D eigenvalue weighted by Gasteiger charge is 2.37. The van der Waals surface area contributed by atoms with Gasteiger partial charge in [-0.3, -0.25) is 5.10 Å². The van der Waals surface area contributed by atoms with E-state index in [9.17, 15) is 4.79 Å². The summed E-state index contributed by atoms with van der Waals surface area (Å²) in [6.07, 6.45) is 3.32. The van der Waals surface area contributed by atoms with E-state index in [1.165, 1.54) is 0 Å². The number of aromatic amines is 1. The molecule has 0 saturated carbocycles. The van der Waals surface area contributed by atoms with Crippen LogP contribution in [0.4, 0.5) is 4.79 Å². The highest BCUT2D eigenvalue weighted by atomic mass is 16.6. The third-order valence-electron chi connectivity index (χ3n) is 4.70. The number of hydrogen-bond donors (Lipinski definition) is 2. The first kappa shape index (κ1) is 19.7. The molecule has 1 amide bonds. The largest absolute Gasteiger partial charge is 0.444 e.